The normalized spacial score (nSPS) is 13.1. The van der Waals surface area contributed by atoms with Gasteiger partial charge in [0.25, 0.3) is 0 Å². The molecule has 5 heteroatoms. The number of carboxylic acid groups (broad SMARTS) is 1. The highest BCUT2D eigenvalue weighted by Gasteiger charge is 2.23. The Morgan fingerprint density at radius 1 is 1.67 bits per heavy atom. The van der Waals surface area contributed by atoms with E-state index in [1.54, 1.807) is 0 Å². The number of carbonyl (C=O) groups is 1. The number of nitrogens with zero attached hydrogens (tertiary/aromatic N) is 1. The number of carboxylic acids is 1. The number of thioether (sulfide) groups is 1. The van der Waals surface area contributed by atoms with Crippen LogP contribution < -0.4 is 0 Å². The molecule has 0 saturated heterocycles. The second-order valence-electron chi connectivity index (χ2n) is 3.58. The maximum Gasteiger partial charge on any atom is 0.317 e. The SMILES string of the molecule is CCc1csc(SC(C(=O)O)C(C)C)n1. The highest BCUT2D eigenvalue weighted by atomic mass is 32.2. The molecule has 1 aromatic heterocycles. The van der Waals surface area contributed by atoms with Crippen molar-refractivity contribution in [2.24, 2.45) is 5.92 Å². The Labute approximate surface area is 97.9 Å². The highest BCUT2D eigenvalue weighted by molar-refractivity contribution is 8.02. The summed E-state index contributed by atoms with van der Waals surface area (Å²) >= 11 is 2.87. The summed E-state index contributed by atoms with van der Waals surface area (Å²) < 4.78 is 0.855. The van der Waals surface area contributed by atoms with Gasteiger partial charge < -0.3 is 5.11 Å². The van der Waals surface area contributed by atoms with Crippen LogP contribution in [0.5, 0.6) is 0 Å². The van der Waals surface area contributed by atoms with E-state index in [4.69, 9.17) is 5.11 Å². The summed E-state index contributed by atoms with van der Waals surface area (Å²) in [6.07, 6.45) is 0.899. The van der Waals surface area contributed by atoms with Crippen molar-refractivity contribution in [3.8, 4) is 0 Å². The van der Waals surface area contributed by atoms with Crippen molar-refractivity contribution >= 4 is 29.1 Å². The second-order valence-corrected chi connectivity index (χ2v) is 5.83. The van der Waals surface area contributed by atoms with Crippen LogP contribution in [0.1, 0.15) is 26.5 Å². The number of thiazole rings is 1. The largest absolute Gasteiger partial charge is 0.480 e. The minimum Gasteiger partial charge on any atom is -0.480 e. The zero-order valence-electron chi connectivity index (χ0n) is 9.06. The molecule has 15 heavy (non-hydrogen) atoms. The van der Waals surface area contributed by atoms with Gasteiger partial charge >= 0.3 is 5.97 Å². The van der Waals surface area contributed by atoms with Crippen LogP contribution in [-0.2, 0) is 11.2 Å². The van der Waals surface area contributed by atoms with Crippen LogP contribution in [0, 0.1) is 5.92 Å². The zero-order valence-corrected chi connectivity index (χ0v) is 10.7. The first-order valence-electron chi connectivity index (χ1n) is 4.88. The Morgan fingerprint density at radius 2 is 2.33 bits per heavy atom. The van der Waals surface area contributed by atoms with E-state index in [2.05, 4.69) is 4.98 Å². The molecule has 0 aliphatic rings. The monoisotopic (exact) mass is 245 g/mol. The molecular formula is C10H15NO2S2. The molecular weight excluding hydrogens is 230 g/mol. The Morgan fingerprint density at radius 3 is 2.73 bits per heavy atom. The van der Waals surface area contributed by atoms with Crippen LogP contribution >= 0.6 is 23.1 Å². The molecule has 1 atom stereocenters. The van der Waals surface area contributed by atoms with Crippen LogP contribution in [0.25, 0.3) is 0 Å². The standard InChI is InChI=1S/C10H15NO2S2/c1-4-7-5-14-10(11-7)15-8(6(2)3)9(12)13/h5-6,8H,4H2,1-3H3,(H,12,13). The van der Waals surface area contributed by atoms with Gasteiger partial charge in [0.05, 0.1) is 5.69 Å². The molecule has 1 aromatic rings. The first kappa shape index (κ1) is 12.5. The predicted octanol–water partition coefficient (Wildman–Crippen LogP) is 2.91. The Balaban J connectivity index is 2.69. The number of aryl methyl sites for hydroxylation is 1. The van der Waals surface area contributed by atoms with Gasteiger partial charge in [0.15, 0.2) is 4.34 Å². The molecule has 0 bridgehead atoms. The van der Waals surface area contributed by atoms with E-state index in [0.717, 1.165) is 16.5 Å². The van der Waals surface area contributed by atoms with E-state index >= 15 is 0 Å². The molecule has 3 nitrogen and oxygen atoms in total. The van der Waals surface area contributed by atoms with Crippen molar-refractivity contribution in [1.29, 1.82) is 0 Å². The number of aliphatic carboxylic acids is 1. The highest BCUT2D eigenvalue weighted by Crippen LogP contribution is 2.30. The van der Waals surface area contributed by atoms with Crippen molar-refractivity contribution in [2.75, 3.05) is 0 Å². The molecule has 84 valence electrons. The summed E-state index contributed by atoms with van der Waals surface area (Å²) in [6, 6.07) is 0. The summed E-state index contributed by atoms with van der Waals surface area (Å²) in [4.78, 5) is 15.3. The quantitative estimate of drug-likeness (QED) is 0.810. The Kier molecular flexibility index (Phi) is 4.60. The van der Waals surface area contributed by atoms with Gasteiger partial charge in [-0.1, -0.05) is 32.5 Å². The van der Waals surface area contributed by atoms with Crippen molar-refractivity contribution in [3.05, 3.63) is 11.1 Å². The lowest BCUT2D eigenvalue weighted by Gasteiger charge is -2.13. The van der Waals surface area contributed by atoms with Crippen molar-refractivity contribution in [1.82, 2.24) is 4.98 Å². The number of rotatable bonds is 5. The maximum atomic E-state index is 11.0. The molecule has 1 unspecified atom stereocenters. The first-order chi connectivity index (χ1) is 7.04. The maximum absolute atomic E-state index is 11.0. The fourth-order valence-electron chi connectivity index (χ4n) is 1.09. The average molecular weight is 245 g/mol. The van der Waals surface area contributed by atoms with Gasteiger partial charge in [-0.25, -0.2) is 4.98 Å². The van der Waals surface area contributed by atoms with Crippen LogP contribution in [0.4, 0.5) is 0 Å². The third kappa shape index (κ3) is 3.50. The predicted molar refractivity (Wildman–Crippen MR) is 63.6 cm³/mol. The molecule has 0 aliphatic carbocycles. The van der Waals surface area contributed by atoms with Gasteiger partial charge in [-0.05, 0) is 12.3 Å². The molecule has 0 aromatic carbocycles. The Bertz CT molecular complexity index is 336. The van der Waals surface area contributed by atoms with Gasteiger partial charge in [0.1, 0.15) is 5.25 Å². The van der Waals surface area contributed by atoms with Crippen molar-refractivity contribution < 1.29 is 9.90 Å². The van der Waals surface area contributed by atoms with E-state index in [1.165, 1.54) is 23.1 Å². The summed E-state index contributed by atoms with van der Waals surface area (Å²) in [7, 11) is 0. The summed E-state index contributed by atoms with van der Waals surface area (Å²) in [5.41, 5.74) is 1.04. The van der Waals surface area contributed by atoms with E-state index in [0.29, 0.717) is 0 Å². The average Bonchev–Trinajstić information content (AvgIpc) is 2.60. The van der Waals surface area contributed by atoms with Crippen LogP contribution in [0.2, 0.25) is 0 Å². The second kappa shape index (κ2) is 5.51. The lowest BCUT2D eigenvalue weighted by molar-refractivity contribution is -0.137. The van der Waals surface area contributed by atoms with Gasteiger partial charge in [-0.15, -0.1) is 11.3 Å². The molecule has 0 radical (unpaired) electrons. The van der Waals surface area contributed by atoms with Gasteiger partial charge in [0, 0.05) is 5.38 Å². The lowest BCUT2D eigenvalue weighted by Crippen LogP contribution is -2.22. The van der Waals surface area contributed by atoms with Gasteiger partial charge in [-0.3, -0.25) is 4.79 Å². The third-order valence-electron chi connectivity index (χ3n) is 1.97. The van der Waals surface area contributed by atoms with Crippen LogP contribution in [0.15, 0.2) is 9.72 Å². The van der Waals surface area contributed by atoms with E-state index in [1.807, 2.05) is 26.2 Å². The van der Waals surface area contributed by atoms with Gasteiger partial charge in [-0.2, -0.15) is 0 Å². The molecule has 1 heterocycles. The zero-order chi connectivity index (χ0) is 11.4. The lowest BCUT2D eigenvalue weighted by atomic mass is 10.1. The fourth-order valence-corrected chi connectivity index (χ4v) is 3.15. The molecule has 0 fully saturated rings. The van der Waals surface area contributed by atoms with Crippen molar-refractivity contribution in [3.63, 3.8) is 0 Å². The van der Waals surface area contributed by atoms with Crippen LogP contribution in [-0.4, -0.2) is 21.3 Å². The fraction of sp³-hybridized carbons (Fsp3) is 0.600. The van der Waals surface area contributed by atoms with Crippen molar-refractivity contribution in [2.45, 2.75) is 36.8 Å². The minimum absolute atomic E-state index is 0.112. The third-order valence-corrected chi connectivity index (χ3v) is 4.52. The number of hydrogen-bond donors (Lipinski definition) is 1. The smallest absolute Gasteiger partial charge is 0.317 e. The minimum atomic E-state index is -0.761. The topological polar surface area (TPSA) is 50.2 Å². The van der Waals surface area contributed by atoms with Gasteiger partial charge in [0.2, 0.25) is 0 Å². The van der Waals surface area contributed by atoms with Crippen LogP contribution in [0.3, 0.4) is 0 Å². The Hall–Kier alpha value is -0.550. The molecule has 1 N–H and O–H groups in total. The molecule has 0 spiro atoms. The molecule has 0 saturated carbocycles. The summed E-state index contributed by atoms with van der Waals surface area (Å²) in [5.74, 6) is -0.648. The summed E-state index contributed by atoms with van der Waals surface area (Å²) in [5, 5.41) is 10.6. The summed E-state index contributed by atoms with van der Waals surface area (Å²) in [6.45, 7) is 5.88. The van der Waals surface area contributed by atoms with E-state index in [-0.39, 0.29) is 5.92 Å². The van der Waals surface area contributed by atoms with E-state index in [9.17, 15) is 4.79 Å². The first-order valence-corrected chi connectivity index (χ1v) is 6.64. The molecule has 0 amide bonds. The number of hydrogen-bond acceptors (Lipinski definition) is 4. The number of aromatic nitrogens is 1. The molecule has 0 aliphatic heterocycles. The molecule has 1 rings (SSSR count). The van der Waals surface area contributed by atoms with E-state index < -0.39 is 11.2 Å².